The molecule has 1 aromatic heterocycles. The first-order valence-corrected chi connectivity index (χ1v) is 6.58. The van der Waals surface area contributed by atoms with Crippen molar-refractivity contribution in [2.45, 2.75) is 6.92 Å². The van der Waals surface area contributed by atoms with Crippen LogP contribution < -0.4 is 15.8 Å². The van der Waals surface area contributed by atoms with Gasteiger partial charge in [-0.15, -0.1) is 0 Å². The minimum Gasteiger partial charge on any atom is -0.495 e. The number of hydrogen-bond acceptors (Lipinski definition) is 5. The van der Waals surface area contributed by atoms with Crippen molar-refractivity contribution >= 4 is 39.7 Å². The van der Waals surface area contributed by atoms with E-state index in [1.54, 1.807) is 25.1 Å². The van der Waals surface area contributed by atoms with E-state index in [4.69, 9.17) is 22.1 Å². The zero-order valence-corrected chi connectivity index (χ0v) is 11.9. The molecular formula is C12H12ClN3O2S. The Hall–Kier alpha value is -1.79. The molecule has 19 heavy (non-hydrogen) atoms. The van der Waals surface area contributed by atoms with Gasteiger partial charge in [-0.05, 0) is 19.1 Å². The molecule has 0 fully saturated rings. The van der Waals surface area contributed by atoms with E-state index in [1.807, 2.05) is 0 Å². The molecule has 0 aliphatic heterocycles. The van der Waals surface area contributed by atoms with E-state index >= 15 is 0 Å². The zero-order valence-electron chi connectivity index (χ0n) is 10.4. The van der Waals surface area contributed by atoms with Gasteiger partial charge in [-0.1, -0.05) is 22.9 Å². The number of rotatable bonds is 3. The van der Waals surface area contributed by atoms with Gasteiger partial charge in [0.15, 0.2) is 5.13 Å². The zero-order chi connectivity index (χ0) is 14.0. The van der Waals surface area contributed by atoms with Gasteiger partial charge in [-0.25, -0.2) is 4.98 Å². The largest absolute Gasteiger partial charge is 0.495 e. The molecule has 7 heteroatoms. The number of nitrogens with two attached hydrogens (primary N) is 1. The molecule has 3 N–H and O–H groups in total. The second-order valence-electron chi connectivity index (χ2n) is 3.77. The monoisotopic (exact) mass is 297 g/mol. The Morgan fingerprint density at radius 1 is 1.53 bits per heavy atom. The molecule has 2 aromatic rings. The summed E-state index contributed by atoms with van der Waals surface area (Å²) < 4.78 is 5.09. The number of benzene rings is 1. The first-order valence-electron chi connectivity index (χ1n) is 5.39. The highest BCUT2D eigenvalue weighted by Gasteiger charge is 2.14. The third-order valence-corrected chi connectivity index (χ3v) is 3.73. The Balaban J connectivity index is 2.21. The highest BCUT2D eigenvalue weighted by molar-refractivity contribution is 7.17. The standard InChI is InChI=1S/C12H12ClN3O2S/c1-6-10(19-12(14)15-6)11(17)16-7-3-4-8(13)9(5-7)18-2/h3-5H,1-2H3,(H2,14,15)(H,16,17). The van der Waals surface area contributed by atoms with E-state index in [1.165, 1.54) is 7.11 Å². The van der Waals surface area contributed by atoms with Crippen LogP contribution in [-0.4, -0.2) is 18.0 Å². The second-order valence-corrected chi connectivity index (χ2v) is 5.21. The number of carbonyl (C=O) groups excluding carboxylic acids is 1. The number of nitrogens with zero attached hydrogens (tertiary/aromatic N) is 1. The topological polar surface area (TPSA) is 77.2 Å². The van der Waals surface area contributed by atoms with Crippen molar-refractivity contribution in [3.8, 4) is 5.75 Å². The van der Waals surface area contributed by atoms with Crippen LogP contribution in [0.5, 0.6) is 5.75 Å². The molecule has 100 valence electrons. The maximum absolute atomic E-state index is 12.1. The lowest BCUT2D eigenvalue weighted by Gasteiger charge is -2.07. The third-order valence-electron chi connectivity index (χ3n) is 2.43. The Morgan fingerprint density at radius 2 is 2.26 bits per heavy atom. The third kappa shape index (κ3) is 2.97. The normalized spacial score (nSPS) is 10.3. The lowest BCUT2D eigenvalue weighted by atomic mass is 10.3. The maximum atomic E-state index is 12.1. The molecule has 0 unspecified atom stereocenters. The van der Waals surface area contributed by atoms with Crippen molar-refractivity contribution in [3.05, 3.63) is 33.8 Å². The van der Waals surface area contributed by atoms with Crippen molar-refractivity contribution in [2.75, 3.05) is 18.2 Å². The van der Waals surface area contributed by atoms with Gasteiger partial charge in [0.1, 0.15) is 10.6 Å². The number of anilines is 2. The number of methoxy groups -OCH3 is 1. The minimum absolute atomic E-state index is 0.254. The number of hydrogen-bond donors (Lipinski definition) is 2. The fourth-order valence-corrected chi connectivity index (χ4v) is 2.48. The SMILES string of the molecule is COc1cc(NC(=O)c2sc(N)nc2C)ccc1Cl. The summed E-state index contributed by atoms with van der Waals surface area (Å²) in [5.41, 5.74) is 6.77. The molecule has 2 rings (SSSR count). The molecule has 0 aliphatic carbocycles. The van der Waals surface area contributed by atoms with Crippen LogP contribution in [0.1, 0.15) is 15.4 Å². The van der Waals surface area contributed by atoms with Crippen molar-refractivity contribution in [1.29, 1.82) is 0 Å². The van der Waals surface area contributed by atoms with Crippen LogP contribution in [0.15, 0.2) is 18.2 Å². The molecule has 1 aromatic carbocycles. The Morgan fingerprint density at radius 3 is 2.84 bits per heavy atom. The smallest absolute Gasteiger partial charge is 0.267 e. The first kappa shape index (κ1) is 13.6. The van der Waals surface area contributed by atoms with Crippen molar-refractivity contribution in [1.82, 2.24) is 4.98 Å². The van der Waals surface area contributed by atoms with Crippen molar-refractivity contribution < 1.29 is 9.53 Å². The number of ether oxygens (including phenoxy) is 1. The molecule has 0 saturated carbocycles. The summed E-state index contributed by atoms with van der Waals surface area (Å²) >= 11 is 7.07. The van der Waals surface area contributed by atoms with Crippen LogP contribution >= 0.6 is 22.9 Å². The van der Waals surface area contributed by atoms with Gasteiger partial charge in [-0.3, -0.25) is 4.79 Å². The van der Waals surface area contributed by atoms with Crippen molar-refractivity contribution in [2.24, 2.45) is 0 Å². The summed E-state index contributed by atoms with van der Waals surface area (Å²) in [5.74, 6) is 0.246. The molecule has 0 spiro atoms. The Bertz CT molecular complexity index is 627. The Kier molecular flexibility index (Phi) is 3.92. The average Bonchev–Trinajstić information content (AvgIpc) is 2.71. The van der Waals surface area contributed by atoms with Crippen LogP contribution in [0.4, 0.5) is 10.8 Å². The van der Waals surface area contributed by atoms with E-state index < -0.39 is 0 Å². The highest BCUT2D eigenvalue weighted by atomic mass is 35.5. The molecule has 1 amide bonds. The fourth-order valence-electron chi connectivity index (χ4n) is 1.55. The number of thiazole rings is 1. The number of carbonyl (C=O) groups is 1. The van der Waals surface area contributed by atoms with Gasteiger partial charge >= 0.3 is 0 Å². The first-order chi connectivity index (χ1) is 9.01. The van der Waals surface area contributed by atoms with Crippen LogP contribution in [0, 0.1) is 6.92 Å². The summed E-state index contributed by atoms with van der Waals surface area (Å²) in [6, 6.07) is 5.01. The number of aromatic nitrogens is 1. The molecule has 0 radical (unpaired) electrons. The van der Waals surface area contributed by atoms with E-state index in [0.717, 1.165) is 11.3 Å². The summed E-state index contributed by atoms with van der Waals surface area (Å²) in [5, 5.41) is 3.61. The molecule has 0 bridgehead atoms. The van der Waals surface area contributed by atoms with E-state index in [2.05, 4.69) is 10.3 Å². The lowest BCUT2D eigenvalue weighted by molar-refractivity contribution is 0.103. The van der Waals surface area contributed by atoms with Gasteiger partial charge in [-0.2, -0.15) is 0 Å². The van der Waals surface area contributed by atoms with Crippen LogP contribution in [0.2, 0.25) is 5.02 Å². The molecule has 0 aliphatic rings. The molecule has 1 heterocycles. The molecular weight excluding hydrogens is 286 g/mol. The van der Waals surface area contributed by atoms with Crippen LogP contribution in [-0.2, 0) is 0 Å². The number of halogens is 1. The highest BCUT2D eigenvalue weighted by Crippen LogP contribution is 2.28. The summed E-state index contributed by atoms with van der Waals surface area (Å²) in [7, 11) is 1.51. The Labute approximate surface area is 119 Å². The minimum atomic E-state index is -0.254. The molecule has 0 atom stereocenters. The maximum Gasteiger partial charge on any atom is 0.267 e. The van der Waals surface area contributed by atoms with Gasteiger partial charge in [0.2, 0.25) is 0 Å². The second kappa shape index (κ2) is 5.46. The summed E-state index contributed by atoms with van der Waals surface area (Å²) in [6.07, 6.45) is 0. The number of amides is 1. The number of nitrogens with one attached hydrogen (secondary N) is 1. The van der Waals surface area contributed by atoms with Crippen LogP contribution in [0.3, 0.4) is 0 Å². The summed E-state index contributed by atoms with van der Waals surface area (Å²) in [6.45, 7) is 1.74. The molecule has 0 saturated heterocycles. The van der Waals surface area contributed by atoms with Crippen LogP contribution in [0.25, 0.3) is 0 Å². The van der Waals surface area contributed by atoms with Crippen molar-refractivity contribution in [3.63, 3.8) is 0 Å². The van der Waals surface area contributed by atoms with Gasteiger partial charge < -0.3 is 15.8 Å². The average molecular weight is 298 g/mol. The number of nitrogen functional groups attached to an aromatic ring is 1. The van der Waals surface area contributed by atoms with Gasteiger partial charge in [0.25, 0.3) is 5.91 Å². The number of aryl methyl sites for hydroxylation is 1. The van der Waals surface area contributed by atoms with Gasteiger partial charge in [0.05, 0.1) is 17.8 Å². The van der Waals surface area contributed by atoms with E-state index in [0.29, 0.717) is 32.2 Å². The quantitative estimate of drug-likeness (QED) is 0.913. The predicted molar refractivity (Wildman–Crippen MR) is 77.2 cm³/mol. The van der Waals surface area contributed by atoms with Gasteiger partial charge in [0, 0.05) is 11.8 Å². The predicted octanol–water partition coefficient (Wildman–Crippen LogP) is 2.95. The molecule has 5 nitrogen and oxygen atoms in total. The fraction of sp³-hybridized carbons (Fsp3) is 0.167. The van der Waals surface area contributed by atoms with E-state index in [-0.39, 0.29) is 5.91 Å². The van der Waals surface area contributed by atoms with E-state index in [9.17, 15) is 4.79 Å². The summed E-state index contributed by atoms with van der Waals surface area (Å²) in [4.78, 5) is 16.6. The lowest BCUT2D eigenvalue weighted by Crippen LogP contribution is -2.11.